The van der Waals surface area contributed by atoms with Gasteiger partial charge in [-0.3, -0.25) is 4.99 Å². The molecule has 3 nitrogen and oxygen atoms in total. The van der Waals surface area contributed by atoms with E-state index in [9.17, 15) is 4.79 Å². The Morgan fingerprint density at radius 1 is 1.41 bits per heavy atom. The average Bonchev–Trinajstić information content (AvgIpc) is 2.26. The van der Waals surface area contributed by atoms with Crippen molar-refractivity contribution in [2.24, 2.45) is 4.99 Å². The van der Waals surface area contributed by atoms with Crippen molar-refractivity contribution in [2.75, 3.05) is 5.75 Å². The van der Waals surface area contributed by atoms with Crippen molar-refractivity contribution in [1.82, 2.24) is 0 Å². The molecular formula is C13H15NO2S. The van der Waals surface area contributed by atoms with Gasteiger partial charge in [0.05, 0.1) is 11.3 Å². The lowest BCUT2D eigenvalue weighted by molar-refractivity contribution is 0.00695. The third kappa shape index (κ3) is 3.09. The van der Waals surface area contributed by atoms with E-state index >= 15 is 0 Å². The van der Waals surface area contributed by atoms with Crippen LogP contribution in [0.25, 0.3) is 0 Å². The molecule has 1 aromatic carbocycles. The summed E-state index contributed by atoms with van der Waals surface area (Å²) >= 11 is 1.72. The number of thioether (sulfide) groups is 1. The molecule has 0 fully saturated rings. The number of carbonyl (C=O) groups is 1. The number of aliphatic imine (C=N–C) groups is 1. The molecule has 0 atom stereocenters. The second-order valence-electron chi connectivity index (χ2n) is 4.81. The summed E-state index contributed by atoms with van der Waals surface area (Å²) in [5.41, 5.74) is 0.938. The molecule has 0 amide bonds. The number of nitrogens with zero attached hydrogens (tertiary/aromatic N) is 1. The van der Waals surface area contributed by atoms with Gasteiger partial charge in [0.15, 0.2) is 0 Å². The number of carbonyl (C=O) groups excluding carboxylic acids is 1. The Morgan fingerprint density at radius 2 is 2.18 bits per heavy atom. The minimum absolute atomic E-state index is 0.300. The van der Waals surface area contributed by atoms with Gasteiger partial charge < -0.3 is 4.74 Å². The van der Waals surface area contributed by atoms with Gasteiger partial charge in [-0.15, -0.1) is 11.8 Å². The fourth-order valence-electron chi connectivity index (χ4n) is 1.47. The third-order valence-electron chi connectivity index (χ3n) is 2.14. The highest BCUT2D eigenvalue weighted by molar-refractivity contribution is 8.00. The first-order valence-electron chi connectivity index (χ1n) is 5.48. The second kappa shape index (κ2) is 4.53. The highest BCUT2D eigenvalue weighted by Crippen LogP contribution is 2.33. The number of rotatable bonds is 1. The maximum atomic E-state index is 11.9. The quantitative estimate of drug-likeness (QED) is 0.715. The molecule has 1 heterocycles. The zero-order valence-corrected chi connectivity index (χ0v) is 11.0. The fraction of sp³-hybridized carbons (Fsp3) is 0.385. The molecule has 0 aliphatic carbocycles. The minimum atomic E-state index is -0.467. The smallest absolute Gasteiger partial charge is 0.338 e. The molecule has 0 aromatic heterocycles. The van der Waals surface area contributed by atoms with E-state index in [2.05, 4.69) is 4.99 Å². The number of hydrogen-bond acceptors (Lipinski definition) is 4. The molecule has 1 aromatic rings. The van der Waals surface area contributed by atoms with E-state index < -0.39 is 5.60 Å². The van der Waals surface area contributed by atoms with Gasteiger partial charge >= 0.3 is 5.97 Å². The molecule has 0 saturated heterocycles. The molecule has 2 rings (SSSR count). The Hall–Kier alpha value is -1.29. The first-order valence-corrected chi connectivity index (χ1v) is 6.47. The summed E-state index contributed by atoms with van der Waals surface area (Å²) in [4.78, 5) is 17.3. The predicted molar refractivity (Wildman–Crippen MR) is 70.5 cm³/mol. The summed E-state index contributed by atoms with van der Waals surface area (Å²) < 4.78 is 5.32. The number of esters is 1. The molecule has 4 heteroatoms. The predicted octanol–water partition coefficient (Wildman–Crippen LogP) is 3.45. The molecule has 17 heavy (non-hydrogen) atoms. The van der Waals surface area contributed by atoms with E-state index in [1.54, 1.807) is 23.9 Å². The molecule has 0 saturated carbocycles. The first kappa shape index (κ1) is 12.2. The normalized spacial score (nSPS) is 14.3. The Morgan fingerprint density at radius 3 is 2.88 bits per heavy atom. The largest absolute Gasteiger partial charge is 0.456 e. The molecule has 0 spiro atoms. The summed E-state index contributed by atoms with van der Waals surface area (Å²) in [6, 6.07) is 5.50. The summed E-state index contributed by atoms with van der Waals surface area (Å²) in [5, 5.41) is 0. The molecule has 1 aliphatic rings. The van der Waals surface area contributed by atoms with Crippen LogP contribution in [-0.2, 0) is 4.74 Å². The van der Waals surface area contributed by atoms with Gasteiger partial charge in [-0.05, 0) is 39.0 Å². The maximum absolute atomic E-state index is 11.9. The van der Waals surface area contributed by atoms with Crippen LogP contribution in [0.15, 0.2) is 28.1 Å². The first-order chi connectivity index (χ1) is 7.96. The molecule has 0 N–H and O–H groups in total. The summed E-state index contributed by atoms with van der Waals surface area (Å²) in [6.07, 6.45) is 1.85. The van der Waals surface area contributed by atoms with Gasteiger partial charge in [0.2, 0.25) is 0 Å². The van der Waals surface area contributed by atoms with Crippen LogP contribution in [0.4, 0.5) is 5.69 Å². The van der Waals surface area contributed by atoms with Crippen LogP contribution in [0.1, 0.15) is 31.1 Å². The summed E-state index contributed by atoms with van der Waals surface area (Å²) in [6.45, 7) is 5.58. The number of hydrogen-bond donors (Lipinski definition) is 0. The highest BCUT2D eigenvalue weighted by atomic mass is 32.2. The number of fused-ring (bicyclic) bond motifs is 1. The molecule has 0 bridgehead atoms. The zero-order valence-electron chi connectivity index (χ0n) is 10.2. The van der Waals surface area contributed by atoms with Crippen molar-refractivity contribution >= 4 is 29.6 Å². The Labute approximate surface area is 105 Å². The Bertz CT molecular complexity index is 475. The van der Waals surface area contributed by atoms with Gasteiger partial charge in [-0.2, -0.15) is 0 Å². The van der Waals surface area contributed by atoms with Crippen molar-refractivity contribution in [1.29, 1.82) is 0 Å². The van der Waals surface area contributed by atoms with Crippen molar-refractivity contribution in [3.05, 3.63) is 23.8 Å². The van der Waals surface area contributed by atoms with Gasteiger partial charge in [-0.25, -0.2) is 4.79 Å². The fourth-order valence-corrected chi connectivity index (χ4v) is 2.22. The summed E-state index contributed by atoms with van der Waals surface area (Å²) in [7, 11) is 0. The van der Waals surface area contributed by atoms with E-state index in [-0.39, 0.29) is 5.97 Å². The van der Waals surface area contributed by atoms with E-state index in [1.165, 1.54) is 0 Å². The van der Waals surface area contributed by atoms with Crippen molar-refractivity contribution < 1.29 is 9.53 Å². The van der Waals surface area contributed by atoms with Crippen LogP contribution in [0, 0.1) is 0 Å². The molecule has 90 valence electrons. The molecule has 0 radical (unpaired) electrons. The van der Waals surface area contributed by atoms with Crippen LogP contribution in [0.3, 0.4) is 0 Å². The highest BCUT2D eigenvalue weighted by Gasteiger charge is 2.19. The molecule has 1 aliphatic heterocycles. The van der Waals surface area contributed by atoms with Gasteiger partial charge in [0, 0.05) is 16.9 Å². The van der Waals surface area contributed by atoms with Gasteiger partial charge in [-0.1, -0.05) is 0 Å². The number of benzene rings is 1. The van der Waals surface area contributed by atoms with Crippen LogP contribution >= 0.6 is 11.8 Å². The van der Waals surface area contributed by atoms with E-state index in [0.717, 1.165) is 16.3 Å². The van der Waals surface area contributed by atoms with Crippen LogP contribution in [0.5, 0.6) is 0 Å². The van der Waals surface area contributed by atoms with Crippen LogP contribution in [-0.4, -0.2) is 23.5 Å². The standard InChI is InChI=1S/C13H15NO2S/c1-13(2,3)16-12(15)9-4-5-11-10(8-9)14-6-7-17-11/h4-6,8H,7H2,1-3H3. The van der Waals surface area contributed by atoms with Crippen LogP contribution < -0.4 is 0 Å². The lowest BCUT2D eigenvalue weighted by atomic mass is 10.1. The zero-order chi connectivity index (χ0) is 12.5. The Kier molecular flexibility index (Phi) is 3.24. The van der Waals surface area contributed by atoms with Gasteiger partial charge in [0.25, 0.3) is 0 Å². The van der Waals surface area contributed by atoms with E-state index in [4.69, 9.17) is 4.74 Å². The number of ether oxygens (including phenoxy) is 1. The topological polar surface area (TPSA) is 38.7 Å². The van der Waals surface area contributed by atoms with Crippen molar-refractivity contribution in [2.45, 2.75) is 31.3 Å². The average molecular weight is 249 g/mol. The second-order valence-corrected chi connectivity index (χ2v) is 5.87. The van der Waals surface area contributed by atoms with Crippen LogP contribution in [0.2, 0.25) is 0 Å². The summed E-state index contributed by atoms with van der Waals surface area (Å²) in [5.74, 6) is 0.588. The van der Waals surface area contributed by atoms with Gasteiger partial charge in [0.1, 0.15) is 5.60 Å². The lowest BCUT2D eigenvalue weighted by Gasteiger charge is -2.20. The van der Waals surface area contributed by atoms with Crippen molar-refractivity contribution in [3.8, 4) is 0 Å². The van der Waals surface area contributed by atoms with Crippen molar-refractivity contribution in [3.63, 3.8) is 0 Å². The Balaban J connectivity index is 2.23. The molecule has 0 unspecified atom stereocenters. The third-order valence-corrected chi connectivity index (χ3v) is 3.11. The maximum Gasteiger partial charge on any atom is 0.338 e. The van der Waals surface area contributed by atoms with E-state index in [0.29, 0.717) is 5.56 Å². The van der Waals surface area contributed by atoms with E-state index in [1.807, 2.05) is 33.1 Å². The monoisotopic (exact) mass is 249 g/mol. The molecular weight excluding hydrogens is 234 g/mol. The lowest BCUT2D eigenvalue weighted by Crippen LogP contribution is -2.23. The minimum Gasteiger partial charge on any atom is -0.456 e. The SMILES string of the molecule is CC(C)(C)OC(=O)c1ccc2c(c1)N=CCS2.